The Hall–Kier alpha value is -2.37. The second-order valence-corrected chi connectivity index (χ2v) is 9.59. The van der Waals surface area contributed by atoms with E-state index in [9.17, 15) is 9.90 Å². The van der Waals surface area contributed by atoms with E-state index in [1.165, 1.54) is 11.1 Å². The van der Waals surface area contributed by atoms with Gasteiger partial charge < -0.3 is 15.2 Å². The van der Waals surface area contributed by atoms with Crippen LogP contribution in [-0.4, -0.2) is 40.4 Å². The number of nitrogens with one attached hydrogen (secondary N) is 1. The average molecular weight is 427 g/mol. The van der Waals surface area contributed by atoms with Crippen molar-refractivity contribution in [2.75, 3.05) is 6.54 Å². The maximum atomic E-state index is 12.4. The van der Waals surface area contributed by atoms with Gasteiger partial charge in [0.2, 0.25) is 0 Å². The first-order chi connectivity index (χ1) is 14.6. The highest BCUT2D eigenvalue weighted by Gasteiger charge is 2.27. The standard InChI is InChI=1S/C26H38N2O3/c1-20(2)16-23(27-25(30)31-26(3,4)5)24(29)19-28(17-21-12-8-6-9-13-21)18-22-14-10-7-11-15-22/h6-15,20,23-24,29H,16-19H2,1-5H3,(H,27,30)/t23-,24+/m0/s1. The molecule has 0 fully saturated rings. The Morgan fingerprint density at radius 2 is 1.45 bits per heavy atom. The van der Waals surface area contributed by atoms with Crippen LogP contribution in [0.5, 0.6) is 0 Å². The molecule has 0 aliphatic heterocycles. The van der Waals surface area contributed by atoms with Crippen molar-refractivity contribution in [3.8, 4) is 0 Å². The molecular weight excluding hydrogens is 388 g/mol. The lowest BCUT2D eigenvalue weighted by molar-refractivity contribution is 0.0322. The SMILES string of the molecule is CC(C)C[C@H](NC(=O)OC(C)(C)C)[C@H](O)CN(Cc1ccccc1)Cc1ccccc1. The predicted octanol–water partition coefficient (Wildman–Crippen LogP) is 4.99. The van der Waals surface area contributed by atoms with Crippen LogP contribution in [0.3, 0.4) is 0 Å². The third-order valence-electron chi connectivity index (χ3n) is 4.84. The van der Waals surface area contributed by atoms with Crippen molar-refractivity contribution in [1.29, 1.82) is 0 Å². The average Bonchev–Trinajstić information content (AvgIpc) is 2.67. The number of carbonyl (C=O) groups excluding carboxylic acids is 1. The van der Waals surface area contributed by atoms with Crippen LogP contribution in [0.2, 0.25) is 0 Å². The maximum absolute atomic E-state index is 12.4. The first-order valence-corrected chi connectivity index (χ1v) is 11.1. The summed E-state index contributed by atoms with van der Waals surface area (Å²) in [5, 5.41) is 14.0. The van der Waals surface area contributed by atoms with E-state index < -0.39 is 17.8 Å². The highest BCUT2D eigenvalue weighted by molar-refractivity contribution is 5.68. The molecule has 0 unspecified atom stereocenters. The quantitative estimate of drug-likeness (QED) is 0.562. The monoisotopic (exact) mass is 426 g/mol. The summed E-state index contributed by atoms with van der Waals surface area (Å²) >= 11 is 0. The van der Waals surface area contributed by atoms with Gasteiger partial charge in [-0.15, -0.1) is 0 Å². The minimum Gasteiger partial charge on any atom is -0.444 e. The minimum atomic E-state index is -0.720. The van der Waals surface area contributed by atoms with Gasteiger partial charge in [0.1, 0.15) is 5.60 Å². The number of benzene rings is 2. The van der Waals surface area contributed by atoms with Gasteiger partial charge in [0.25, 0.3) is 0 Å². The van der Waals surface area contributed by atoms with Gasteiger partial charge in [-0.25, -0.2) is 4.79 Å². The van der Waals surface area contributed by atoms with Crippen molar-refractivity contribution >= 4 is 6.09 Å². The Morgan fingerprint density at radius 3 is 1.87 bits per heavy atom. The summed E-state index contributed by atoms with van der Waals surface area (Å²) in [5.41, 5.74) is 1.79. The molecule has 2 N–H and O–H groups in total. The summed E-state index contributed by atoms with van der Waals surface area (Å²) in [6.45, 7) is 11.5. The van der Waals surface area contributed by atoms with Gasteiger partial charge in [-0.05, 0) is 44.2 Å². The molecule has 5 nitrogen and oxygen atoms in total. The summed E-state index contributed by atoms with van der Waals surface area (Å²) in [6.07, 6.45) is -0.539. The topological polar surface area (TPSA) is 61.8 Å². The van der Waals surface area contributed by atoms with E-state index in [-0.39, 0.29) is 6.04 Å². The molecule has 1 amide bonds. The van der Waals surface area contributed by atoms with Crippen molar-refractivity contribution in [3.05, 3.63) is 71.8 Å². The van der Waals surface area contributed by atoms with Gasteiger partial charge in [0.05, 0.1) is 12.1 Å². The number of rotatable bonds is 10. The summed E-state index contributed by atoms with van der Waals surface area (Å²) in [5.74, 6) is 0.325. The van der Waals surface area contributed by atoms with Gasteiger partial charge in [0.15, 0.2) is 0 Å². The lowest BCUT2D eigenvalue weighted by atomic mass is 9.98. The van der Waals surface area contributed by atoms with Crippen molar-refractivity contribution in [2.45, 2.75) is 71.9 Å². The van der Waals surface area contributed by atoms with Gasteiger partial charge in [-0.3, -0.25) is 4.90 Å². The molecule has 0 radical (unpaired) electrons. The van der Waals surface area contributed by atoms with E-state index >= 15 is 0 Å². The number of alkyl carbamates (subject to hydrolysis) is 1. The third-order valence-corrected chi connectivity index (χ3v) is 4.84. The minimum absolute atomic E-state index is 0.325. The Balaban J connectivity index is 2.12. The molecule has 2 atom stereocenters. The van der Waals surface area contributed by atoms with Crippen LogP contribution in [0.15, 0.2) is 60.7 Å². The molecule has 0 bridgehead atoms. The van der Waals surface area contributed by atoms with E-state index in [4.69, 9.17) is 4.74 Å². The van der Waals surface area contributed by atoms with Crippen LogP contribution in [0.25, 0.3) is 0 Å². The highest BCUT2D eigenvalue weighted by atomic mass is 16.6. The smallest absolute Gasteiger partial charge is 0.407 e. The van der Waals surface area contributed by atoms with Crippen LogP contribution in [0, 0.1) is 5.92 Å². The number of nitrogens with zero attached hydrogens (tertiary/aromatic N) is 1. The molecule has 0 aliphatic carbocycles. The number of aliphatic hydroxyl groups is 1. The highest BCUT2D eigenvalue weighted by Crippen LogP contribution is 2.16. The van der Waals surface area contributed by atoms with E-state index in [1.54, 1.807) is 0 Å². The molecule has 2 aromatic rings. The molecule has 31 heavy (non-hydrogen) atoms. The van der Waals surface area contributed by atoms with Crippen LogP contribution in [-0.2, 0) is 17.8 Å². The maximum Gasteiger partial charge on any atom is 0.407 e. The molecule has 2 rings (SSSR count). The third kappa shape index (κ3) is 9.99. The van der Waals surface area contributed by atoms with Gasteiger partial charge >= 0.3 is 6.09 Å². The second-order valence-electron chi connectivity index (χ2n) is 9.59. The Labute approximate surface area is 187 Å². The fraction of sp³-hybridized carbons (Fsp3) is 0.500. The first kappa shape index (κ1) is 24.9. The Morgan fingerprint density at radius 1 is 0.968 bits per heavy atom. The molecule has 0 aromatic heterocycles. The summed E-state index contributed by atoms with van der Waals surface area (Å²) in [6, 6.07) is 20.1. The normalized spacial score (nSPS) is 13.8. The van der Waals surface area contributed by atoms with E-state index in [2.05, 4.69) is 48.3 Å². The number of hydrogen-bond donors (Lipinski definition) is 2. The number of carbonyl (C=O) groups is 1. The Kier molecular flexibility index (Phi) is 9.53. The number of ether oxygens (including phenoxy) is 1. The zero-order valence-electron chi connectivity index (χ0n) is 19.5. The number of hydrogen-bond acceptors (Lipinski definition) is 4. The molecule has 2 aromatic carbocycles. The second kappa shape index (κ2) is 11.9. The van der Waals surface area contributed by atoms with Gasteiger partial charge in [-0.2, -0.15) is 0 Å². The molecular formula is C26H38N2O3. The number of aliphatic hydroxyl groups excluding tert-OH is 1. The first-order valence-electron chi connectivity index (χ1n) is 11.1. The molecule has 0 heterocycles. The van der Waals surface area contributed by atoms with Crippen molar-refractivity contribution < 1.29 is 14.6 Å². The van der Waals surface area contributed by atoms with Crippen LogP contribution in [0.4, 0.5) is 4.79 Å². The fourth-order valence-corrected chi connectivity index (χ4v) is 3.54. The molecule has 0 saturated carbocycles. The van der Waals surface area contributed by atoms with Gasteiger partial charge in [-0.1, -0.05) is 74.5 Å². The lowest BCUT2D eigenvalue weighted by Crippen LogP contribution is -2.49. The van der Waals surface area contributed by atoms with Crippen molar-refractivity contribution in [1.82, 2.24) is 10.2 Å². The van der Waals surface area contributed by atoms with Crippen molar-refractivity contribution in [2.24, 2.45) is 5.92 Å². The van der Waals surface area contributed by atoms with E-state index in [0.717, 1.165) is 0 Å². The summed E-state index contributed by atoms with van der Waals surface area (Å²) in [4.78, 5) is 14.6. The predicted molar refractivity (Wildman–Crippen MR) is 126 cm³/mol. The van der Waals surface area contributed by atoms with E-state index in [0.29, 0.717) is 32.0 Å². The molecule has 0 saturated heterocycles. The molecule has 0 spiro atoms. The summed E-state index contributed by atoms with van der Waals surface area (Å²) < 4.78 is 5.42. The van der Waals surface area contributed by atoms with Crippen LogP contribution >= 0.6 is 0 Å². The van der Waals surface area contributed by atoms with E-state index in [1.807, 2.05) is 57.2 Å². The zero-order valence-corrected chi connectivity index (χ0v) is 19.5. The number of amides is 1. The Bertz CT molecular complexity index is 731. The fourth-order valence-electron chi connectivity index (χ4n) is 3.54. The van der Waals surface area contributed by atoms with Crippen LogP contribution in [0.1, 0.15) is 52.2 Å². The lowest BCUT2D eigenvalue weighted by Gasteiger charge is -2.31. The zero-order chi connectivity index (χ0) is 22.9. The van der Waals surface area contributed by atoms with Crippen molar-refractivity contribution in [3.63, 3.8) is 0 Å². The van der Waals surface area contributed by atoms with Gasteiger partial charge in [0, 0.05) is 19.6 Å². The van der Waals surface area contributed by atoms with Crippen LogP contribution < -0.4 is 5.32 Å². The summed E-state index contributed by atoms with van der Waals surface area (Å²) in [7, 11) is 0. The largest absolute Gasteiger partial charge is 0.444 e. The molecule has 0 aliphatic rings. The molecule has 170 valence electrons. The molecule has 5 heteroatoms.